The van der Waals surface area contributed by atoms with E-state index in [0.29, 0.717) is 19.6 Å². The van der Waals surface area contributed by atoms with Gasteiger partial charge in [0.05, 0.1) is 6.54 Å². The number of amides is 1. The third kappa shape index (κ3) is 4.13. The molecule has 1 aliphatic heterocycles. The Morgan fingerprint density at radius 2 is 2.16 bits per heavy atom. The maximum absolute atomic E-state index is 11.6. The van der Waals surface area contributed by atoms with Crippen molar-refractivity contribution in [2.24, 2.45) is 0 Å². The average Bonchev–Trinajstić information content (AvgIpc) is 2.45. The molecule has 0 saturated heterocycles. The van der Waals surface area contributed by atoms with Crippen LogP contribution < -0.4 is 20.1 Å². The highest BCUT2D eigenvalue weighted by molar-refractivity contribution is 5.75. The number of nitrogens with one attached hydrogen (secondary N) is 2. The highest BCUT2D eigenvalue weighted by Crippen LogP contribution is 2.30. The Labute approximate surface area is 113 Å². The number of benzene rings is 1. The molecule has 2 rings (SSSR count). The van der Waals surface area contributed by atoms with Crippen molar-refractivity contribution in [1.29, 1.82) is 0 Å². The molecule has 0 aromatic heterocycles. The van der Waals surface area contributed by atoms with Crippen LogP contribution in [0.1, 0.15) is 12.8 Å². The number of ether oxygens (including phenoxy) is 2. The van der Waals surface area contributed by atoms with E-state index < -0.39 is 0 Å². The van der Waals surface area contributed by atoms with Gasteiger partial charge in [0.25, 0.3) is 0 Å². The van der Waals surface area contributed by atoms with Crippen LogP contribution in [0.25, 0.3) is 0 Å². The van der Waals surface area contributed by atoms with Crippen LogP contribution in [0, 0.1) is 0 Å². The van der Waals surface area contributed by atoms with Gasteiger partial charge in [-0.05, 0) is 32.1 Å². The fraction of sp³-hybridized carbons (Fsp3) is 0.500. The van der Waals surface area contributed by atoms with Gasteiger partial charge in [0.2, 0.25) is 5.91 Å². The molecule has 1 heterocycles. The van der Waals surface area contributed by atoms with Crippen LogP contribution in [0.15, 0.2) is 24.3 Å². The van der Waals surface area contributed by atoms with Crippen molar-refractivity contribution in [2.45, 2.75) is 18.9 Å². The maximum atomic E-state index is 11.6. The largest absolute Gasteiger partial charge is 0.486 e. The third-order valence-corrected chi connectivity index (χ3v) is 2.93. The van der Waals surface area contributed by atoms with E-state index in [1.807, 2.05) is 31.3 Å². The van der Waals surface area contributed by atoms with Gasteiger partial charge < -0.3 is 20.1 Å². The normalized spacial score (nSPS) is 17.0. The van der Waals surface area contributed by atoms with Crippen LogP contribution in [0.3, 0.4) is 0 Å². The number of hydrogen-bond donors (Lipinski definition) is 2. The second-order valence-corrected chi connectivity index (χ2v) is 4.51. The summed E-state index contributed by atoms with van der Waals surface area (Å²) in [7, 11) is 1.88. The lowest BCUT2D eigenvalue weighted by atomic mass is 10.2. The molecule has 1 atom stereocenters. The first-order valence-corrected chi connectivity index (χ1v) is 6.59. The zero-order valence-electron chi connectivity index (χ0n) is 11.1. The minimum Gasteiger partial charge on any atom is -0.486 e. The first-order chi connectivity index (χ1) is 9.29. The number of para-hydroxylation sites is 2. The summed E-state index contributed by atoms with van der Waals surface area (Å²) < 4.78 is 11.3. The predicted molar refractivity (Wildman–Crippen MR) is 72.5 cm³/mol. The summed E-state index contributed by atoms with van der Waals surface area (Å²) in [5.74, 6) is 1.56. The first kappa shape index (κ1) is 13.7. The Kier molecular flexibility index (Phi) is 5.03. The van der Waals surface area contributed by atoms with Crippen LogP contribution in [-0.2, 0) is 4.79 Å². The van der Waals surface area contributed by atoms with Crippen molar-refractivity contribution in [3.8, 4) is 11.5 Å². The summed E-state index contributed by atoms with van der Waals surface area (Å²) in [6.45, 7) is 1.80. The molecule has 0 bridgehead atoms. The Morgan fingerprint density at radius 3 is 2.95 bits per heavy atom. The maximum Gasteiger partial charge on any atom is 0.220 e. The highest BCUT2D eigenvalue weighted by atomic mass is 16.6. The van der Waals surface area contributed by atoms with Crippen molar-refractivity contribution in [2.75, 3.05) is 26.7 Å². The van der Waals surface area contributed by atoms with E-state index in [-0.39, 0.29) is 12.0 Å². The molecule has 1 unspecified atom stereocenters. The van der Waals surface area contributed by atoms with E-state index in [1.165, 1.54) is 0 Å². The molecule has 1 aromatic rings. The molecule has 1 aliphatic rings. The molecule has 0 spiro atoms. The van der Waals surface area contributed by atoms with Gasteiger partial charge >= 0.3 is 0 Å². The summed E-state index contributed by atoms with van der Waals surface area (Å²) in [6.07, 6.45) is 1.25. The Bertz CT molecular complexity index is 423. The van der Waals surface area contributed by atoms with E-state index in [9.17, 15) is 4.79 Å². The van der Waals surface area contributed by atoms with E-state index in [1.54, 1.807) is 0 Å². The summed E-state index contributed by atoms with van der Waals surface area (Å²) in [4.78, 5) is 11.6. The Hall–Kier alpha value is -1.75. The molecule has 0 saturated carbocycles. The molecule has 5 heteroatoms. The minimum absolute atomic E-state index is 0.0534. The van der Waals surface area contributed by atoms with Crippen LogP contribution in [0.4, 0.5) is 0 Å². The molecule has 2 N–H and O–H groups in total. The number of hydrogen-bond acceptors (Lipinski definition) is 4. The van der Waals surface area contributed by atoms with Gasteiger partial charge in [0.1, 0.15) is 12.7 Å². The van der Waals surface area contributed by atoms with Gasteiger partial charge in [-0.15, -0.1) is 0 Å². The number of rotatable bonds is 6. The summed E-state index contributed by atoms with van der Waals surface area (Å²) in [5.41, 5.74) is 0. The lowest BCUT2D eigenvalue weighted by Crippen LogP contribution is -2.40. The van der Waals surface area contributed by atoms with Crippen molar-refractivity contribution >= 4 is 5.91 Å². The summed E-state index contributed by atoms with van der Waals surface area (Å²) in [5, 5.41) is 5.89. The third-order valence-electron chi connectivity index (χ3n) is 2.93. The van der Waals surface area contributed by atoms with E-state index in [4.69, 9.17) is 9.47 Å². The number of fused-ring (bicyclic) bond motifs is 1. The zero-order valence-corrected chi connectivity index (χ0v) is 11.1. The monoisotopic (exact) mass is 264 g/mol. The molecular weight excluding hydrogens is 244 g/mol. The van der Waals surface area contributed by atoms with Crippen molar-refractivity contribution in [3.05, 3.63) is 24.3 Å². The Morgan fingerprint density at radius 1 is 1.37 bits per heavy atom. The van der Waals surface area contributed by atoms with Crippen molar-refractivity contribution < 1.29 is 14.3 Å². The first-order valence-electron chi connectivity index (χ1n) is 6.59. The second-order valence-electron chi connectivity index (χ2n) is 4.51. The van der Waals surface area contributed by atoms with Gasteiger partial charge in [-0.25, -0.2) is 0 Å². The molecule has 104 valence electrons. The fourth-order valence-electron chi connectivity index (χ4n) is 1.91. The summed E-state index contributed by atoms with van der Waals surface area (Å²) in [6, 6.07) is 7.56. The number of carbonyl (C=O) groups excluding carboxylic acids is 1. The molecule has 1 amide bonds. The molecule has 0 fully saturated rings. The standard InChI is InChI=1S/C14H20N2O3/c1-15-8-4-7-14(17)16-9-11-10-18-12-5-2-3-6-13(12)19-11/h2-3,5-6,11,15H,4,7-10H2,1H3,(H,16,17). The quantitative estimate of drug-likeness (QED) is 0.751. The smallest absolute Gasteiger partial charge is 0.220 e. The summed E-state index contributed by atoms with van der Waals surface area (Å²) >= 11 is 0. The van der Waals surface area contributed by atoms with Crippen LogP contribution >= 0.6 is 0 Å². The zero-order chi connectivity index (χ0) is 13.5. The molecule has 1 aromatic carbocycles. The van der Waals surface area contributed by atoms with Crippen molar-refractivity contribution in [3.63, 3.8) is 0 Å². The Balaban J connectivity index is 1.72. The van der Waals surface area contributed by atoms with E-state index in [0.717, 1.165) is 24.5 Å². The van der Waals surface area contributed by atoms with Crippen LogP contribution in [-0.4, -0.2) is 38.8 Å². The highest BCUT2D eigenvalue weighted by Gasteiger charge is 2.20. The fourth-order valence-corrected chi connectivity index (χ4v) is 1.91. The average molecular weight is 264 g/mol. The topological polar surface area (TPSA) is 59.6 Å². The SMILES string of the molecule is CNCCCC(=O)NCC1COc2ccccc2O1. The van der Waals surface area contributed by atoms with Gasteiger partial charge in [0, 0.05) is 6.42 Å². The minimum atomic E-state index is -0.122. The lowest BCUT2D eigenvalue weighted by Gasteiger charge is -2.26. The molecule has 19 heavy (non-hydrogen) atoms. The lowest BCUT2D eigenvalue weighted by molar-refractivity contribution is -0.121. The van der Waals surface area contributed by atoms with Gasteiger partial charge in [-0.2, -0.15) is 0 Å². The second kappa shape index (κ2) is 6.99. The van der Waals surface area contributed by atoms with Gasteiger partial charge in [-0.3, -0.25) is 4.79 Å². The molecule has 0 radical (unpaired) electrons. The van der Waals surface area contributed by atoms with Gasteiger partial charge in [0.15, 0.2) is 11.5 Å². The molecular formula is C14H20N2O3. The molecule has 0 aliphatic carbocycles. The van der Waals surface area contributed by atoms with E-state index in [2.05, 4.69) is 10.6 Å². The van der Waals surface area contributed by atoms with Crippen LogP contribution in [0.5, 0.6) is 11.5 Å². The van der Waals surface area contributed by atoms with Crippen molar-refractivity contribution in [1.82, 2.24) is 10.6 Å². The van der Waals surface area contributed by atoms with Gasteiger partial charge in [-0.1, -0.05) is 12.1 Å². The number of carbonyl (C=O) groups is 1. The van der Waals surface area contributed by atoms with Crippen LogP contribution in [0.2, 0.25) is 0 Å². The molecule has 5 nitrogen and oxygen atoms in total. The predicted octanol–water partition coefficient (Wildman–Crippen LogP) is 0.942. The van der Waals surface area contributed by atoms with E-state index >= 15 is 0 Å².